The smallest absolute Gasteiger partial charge is 0.271 e. The zero-order valence-electron chi connectivity index (χ0n) is 13.3. The van der Waals surface area contributed by atoms with E-state index in [9.17, 15) is 20.2 Å². The molecule has 8 nitrogen and oxygen atoms in total. The molecule has 128 valence electrons. The van der Waals surface area contributed by atoms with Gasteiger partial charge in [0.2, 0.25) is 0 Å². The predicted octanol–water partition coefficient (Wildman–Crippen LogP) is 4.12. The third kappa shape index (κ3) is 3.63. The molecule has 1 aliphatic rings. The predicted molar refractivity (Wildman–Crippen MR) is 93.7 cm³/mol. The second-order valence-corrected chi connectivity index (χ2v) is 5.82. The zero-order chi connectivity index (χ0) is 17.8. The van der Waals surface area contributed by atoms with E-state index >= 15 is 0 Å². The molecule has 0 bridgehead atoms. The van der Waals surface area contributed by atoms with Crippen LogP contribution in [0.2, 0.25) is 0 Å². The molecule has 0 spiro atoms. The van der Waals surface area contributed by atoms with Gasteiger partial charge in [-0.3, -0.25) is 25.7 Å². The Morgan fingerprint density at radius 1 is 1.04 bits per heavy atom. The van der Waals surface area contributed by atoms with Gasteiger partial charge in [0, 0.05) is 12.0 Å². The Balaban J connectivity index is 1.93. The third-order valence-corrected chi connectivity index (χ3v) is 4.25. The van der Waals surface area contributed by atoms with Gasteiger partial charge in [-0.05, 0) is 24.5 Å². The van der Waals surface area contributed by atoms with Crippen LogP contribution >= 0.6 is 0 Å². The summed E-state index contributed by atoms with van der Waals surface area (Å²) in [5, 5.41) is 26.4. The van der Waals surface area contributed by atoms with Crippen LogP contribution in [0.4, 0.5) is 17.1 Å². The highest BCUT2D eigenvalue weighted by molar-refractivity contribution is 6.03. The van der Waals surface area contributed by atoms with E-state index in [2.05, 4.69) is 10.5 Å². The summed E-state index contributed by atoms with van der Waals surface area (Å²) in [6.07, 6.45) is 3.18. The minimum absolute atomic E-state index is 0.128. The van der Waals surface area contributed by atoms with Crippen LogP contribution in [-0.4, -0.2) is 15.6 Å². The van der Waals surface area contributed by atoms with Crippen molar-refractivity contribution in [2.24, 2.45) is 11.0 Å². The number of rotatable bonds is 6. The van der Waals surface area contributed by atoms with Gasteiger partial charge in [-0.1, -0.05) is 36.8 Å². The maximum atomic E-state index is 11.2. The second kappa shape index (κ2) is 7.08. The Bertz CT molecular complexity index is 832. The maximum absolute atomic E-state index is 11.2. The zero-order valence-corrected chi connectivity index (χ0v) is 13.3. The molecule has 0 radical (unpaired) electrons. The van der Waals surface area contributed by atoms with Crippen molar-refractivity contribution in [2.75, 3.05) is 5.43 Å². The molecule has 25 heavy (non-hydrogen) atoms. The van der Waals surface area contributed by atoms with E-state index in [1.165, 1.54) is 12.1 Å². The molecule has 3 rings (SSSR count). The van der Waals surface area contributed by atoms with Crippen LogP contribution in [0.1, 0.15) is 24.8 Å². The molecular formula is C17H16N4O4. The van der Waals surface area contributed by atoms with Gasteiger partial charge in [0.05, 0.1) is 21.6 Å². The summed E-state index contributed by atoms with van der Waals surface area (Å²) < 4.78 is 0. The van der Waals surface area contributed by atoms with Crippen molar-refractivity contribution in [1.29, 1.82) is 0 Å². The number of nitrogens with zero attached hydrogens (tertiary/aromatic N) is 3. The Kier molecular flexibility index (Phi) is 4.69. The molecule has 0 aliphatic heterocycles. The molecule has 1 fully saturated rings. The van der Waals surface area contributed by atoms with Crippen LogP contribution in [0.5, 0.6) is 0 Å². The molecule has 2 aromatic rings. The average molecular weight is 340 g/mol. The fourth-order valence-corrected chi connectivity index (χ4v) is 2.68. The number of hydrogen-bond donors (Lipinski definition) is 1. The van der Waals surface area contributed by atoms with Gasteiger partial charge >= 0.3 is 5.69 Å². The molecule has 0 heterocycles. The number of non-ortho nitro benzene ring substituents is 1. The van der Waals surface area contributed by atoms with Crippen molar-refractivity contribution < 1.29 is 9.85 Å². The molecule has 1 saturated carbocycles. The molecule has 0 amide bonds. The lowest BCUT2D eigenvalue weighted by Gasteiger charge is -2.27. The summed E-state index contributed by atoms with van der Waals surface area (Å²) in [6.45, 7) is 0. The molecule has 0 atom stereocenters. The first-order valence-corrected chi connectivity index (χ1v) is 7.88. The maximum Gasteiger partial charge on any atom is 0.301 e. The van der Waals surface area contributed by atoms with Gasteiger partial charge in [-0.25, -0.2) is 0 Å². The van der Waals surface area contributed by atoms with Gasteiger partial charge in [0.25, 0.3) is 5.69 Å². The molecule has 1 aliphatic carbocycles. The summed E-state index contributed by atoms with van der Waals surface area (Å²) in [5.41, 5.74) is 3.96. The number of benzene rings is 2. The van der Waals surface area contributed by atoms with Gasteiger partial charge in [-0.2, -0.15) is 5.10 Å². The van der Waals surface area contributed by atoms with Crippen LogP contribution in [0.15, 0.2) is 53.6 Å². The van der Waals surface area contributed by atoms with Crippen molar-refractivity contribution in [1.82, 2.24) is 0 Å². The normalized spacial score (nSPS) is 14.6. The molecular weight excluding hydrogens is 324 g/mol. The number of hydrogen-bond acceptors (Lipinski definition) is 6. The average Bonchev–Trinajstić information content (AvgIpc) is 2.57. The Hall–Kier alpha value is -3.29. The number of nitro benzene ring substituents is 2. The summed E-state index contributed by atoms with van der Waals surface area (Å²) in [7, 11) is 0. The Morgan fingerprint density at radius 2 is 1.76 bits per heavy atom. The Morgan fingerprint density at radius 3 is 2.32 bits per heavy atom. The first-order chi connectivity index (χ1) is 12.1. The molecule has 2 aromatic carbocycles. The lowest BCUT2D eigenvalue weighted by atomic mass is 9.79. The van der Waals surface area contributed by atoms with E-state index in [1.807, 2.05) is 30.3 Å². The van der Waals surface area contributed by atoms with Crippen molar-refractivity contribution >= 4 is 22.8 Å². The largest absolute Gasteiger partial charge is 0.301 e. The molecule has 1 N–H and O–H groups in total. The lowest BCUT2D eigenvalue weighted by molar-refractivity contribution is -0.393. The van der Waals surface area contributed by atoms with E-state index in [-0.39, 0.29) is 17.1 Å². The monoisotopic (exact) mass is 340 g/mol. The van der Waals surface area contributed by atoms with Crippen LogP contribution in [0, 0.1) is 26.1 Å². The second-order valence-electron chi connectivity index (χ2n) is 5.82. The summed E-state index contributed by atoms with van der Waals surface area (Å²) >= 11 is 0. The van der Waals surface area contributed by atoms with Gasteiger partial charge in [-0.15, -0.1) is 0 Å². The third-order valence-electron chi connectivity index (χ3n) is 4.25. The SMILES string of the molecule is O=[N+]([O-])c1ccc(N/N=C(\c2ccccc2)C2CCC2)c([N+](=O)[O-])c1. The van der Waals surface area contributed by atoms with E-state index < -0.39 is 9.85 Å². The minimum atomic E-state index is -0.663. The number of hydrazone groups is 1. The molecule has 8 heteroatoms. The fraction of sp³-hybridized carbons (Fsp3) is 0.235. The van der Waals surface area contributed by atoms with E-state index in [1.54, 1.807) is 0 Å². The first kappa shape index (κ1) is 16.6. The lowest BCUT2D eigenvalue weighted by Crippen LogP contribution is -2.24. The van der Waals surface area contributed by atoms with Crippen LogP contribution in [0.3, 0.4) is 0 Å². The van der Waals surface area contributed by atoms with E-state index in [4.69, 9.17) is 0 Å². The van der Waals surface area contributed by atoms with Crippen LogP contribution in [0.25, 0.3) is 0 Å². The summed E-state index contributed by atoms with van der Waals surface area (Å²) in [6, 6.07) is 13.1. The molecule has 0 saturated heterocycles. The van der Waals surface area contributed by atoms with Gasteiger partial charge in [0.1, 0.15) is 5.69 Å². The first-order valence-electron chi connectivity index (χ1n) is 7.88. The van der Waals surface area contributed by atoms with E-state index in [0.717, 1.165) is 36.6 Å². The van der Waals surface area contributed by atoms with Crippen molar-refractivity contribution in [3.63, 3.8) is 0 Å². The molecule has 0 unspecified atom stereocenters. The topological polar surface area (TPSA) is 111 Å². The van der Waals surface area contributed by atoms with Crippen LogP contribution < -0.4 is 5.43 Å². The fourth-order valence-electron chi connectivity index (χ4n) is 2.68. The summed E-state index contributed by atoms with van der Waals surface area (Å²) in [4.78, 5) is 20.7. The highest BCUT2D eigenvalue weighted by Crippen LogP contribution is 2.32. The van der Waals surface area contributed by atoms with E-state index in [0.29, 0.717) is 5.92 Å². The van der Waals surface area contributed by atoms with Crippen LogP contribution in [-0.2, 0) is 0 Å². The minimum Gasteiger partial charge on any atom is -0.271 e. The number of nitro groups is 2. The summed E-state index contributed by atoms with van der Waals surface area (Å²) in [5.74, 6) is 0.312. The highest BCUT2D eigenvalue weighted by Gasteiger charge is 2.25. The number of nitrogens with one attached hydrogen (secondary N) is 1. The highest BCUT2D eigenvalue weighted by atomic mass is 16.6. The quantitative estimate of drug-likeness (QED) is 0.483. The van der Waals surface area contributed by atoms with Gasteiger partial charge in [0.15, 0.2) is 0 Å². The van der Waals surface area contributed by atoms with Crippen molar-refractivity contribution in [3.05, 3.63) is 74.3 Å². The Labute approximate surface area is 143 Å². The number of anilines is 1. The standard InChI is InChI=1S/C17H16N4O4/c22-20(23)14-9-10-15(16(11-14)21(24)25)18-19-17(13-7-4-8-13)12-5-2-1-3-6-12/h1-3,5-6,9-11,13,18H,4,7-8H2/b19-17+. The molecule has 0 aromatic heterocycles. The van der Waals surface area contributed by atoms with Gasteiger partial charge < -0.3 is 0 Å². The van der Waals surface area contributed by atoms with Crippen molar-refractivity contribution in [2.45, 2.75) is 19.3 Å². The van der Waals surface area contributed by atoms with Crippen molar-refractivity contribution in [3.8, 4) is 0 Å².